The van der Waals surface area contributed by atoms with E-state index in [4.69, 9.17) is 9.84 Å². The van der Waals surface area contributed by atoms with Crippen LogP contribution in [0.15, 0.2) is 48.5 Å². The molecule has 0 aromatic heterocycles. The zero-order chi connectivity index (χ0) is 14.5. The van der Waals surface area contributed by atoms with Crippen molar-refractivity contribution in [2.24, 2.45) is 0 Å². The lowest BCUT2D eigenvalue weighted by atomic mass is 9.96. The number of esters is 1. The predicted molar refractivity (Wildman–Crippen MR) is 78.4 cm³/mol. The van der Waals surface area contributed by atoms with Gasteiger partial charge in [0.1, 0.15) is 0 Å². The third-order valence-electron chi connectivity index (χ3n) is 3.08. The number of hydrogen-bond acceptors (Lipinski definition) is 3. The molecule has 1 atom stereocenters. The van der Waals surface area contributed by atoms with Gasteiger partial charge in [0.2, 0.25) is 0 Å². The van der Waals surface area contributed by atoms with Crippen molar-refractivity contribution in [2.75, 3.05) is 0 Å². The van der Waals surface area contributed by atoms with Gasteiger partial charge >= 0.3 is 5.97 Å². The van der Waals surface area contributed by atoms with Gasteiger partial charge in [-0.1, -0.05) is 43.3 Å². The Bertz CT molecular complexity index is 588. The SMILES string of the molecule is CCc1cc(C(=O)OC(C)O)ccc1-c1ccccc1. The Labute approximate surface area is 118 Å². The summed E-state index contributed by atoms with van der Waals surface area (Å²) in [6.07, 6.45) is -0.276. The molecule has 0 saturated heterocycles. The molecular weight excluding hydrogens is 252 g/mol. The molecular formula is C17H18O3. The maximum Gasteiger partial charge on any atom is 0.340 e. The van der Waals surface area contributed by atoms with E-state index in [0.29, 0.717) is 5.56 Å². The summed E-state index contributed by atoms with van der Waals surface area (Å²) >= 11 is 0. The summed E-state index contributed by atoms with van der Waals surface area (Å²) in [4.78, 5) is 11.8. The summed E-state index contributed by atoms with van der Waals surface area (Å²) in [7, 11) is 0. The van der Waals surface area contributed by atoms with E-state index >= 15 is 0 Å². The van der Waals surface area contributed by atoms with E-state index in [9.17, 15) is 4.79 Å². The lowest BCUT2D eigenvalue weighted by molar-refractivity contribution is -0.0523. The molecule has 0 radical (unpaired) electrons. The van der Waals surface area contributed by atoms with E-state index < -0.39 is 12.3 Å². The first-order valence-electron chi connectivity index (χ1n) is 6.69. The summed E-state index contributed by atoms with van der Waals surface area (Å²) in [6.45, 7) is 3.46. The number of aliphatic hydroxyl groups excluding tert-OH is 1. The Morgan fingerprint density at radius 1 is 1.20 bits per heavy atom. The largest absolute Gasteiger partial charge is 0.433 e. The Balaban J connectivity index is 2.36. The summed E-state index contributed by atoms with van der Waals surface area (Å²) in [5.74, 6) is -0.505. The van der Waals surface area contributed by atoms with E-state index in [1.165, 1.54) is 6.92 Å². The molecule has 0 aliphatic rings. The second-order valence-corrected chi connectivity index (χ2v) is 4.60. The molecule has 3 heteroatoms. The molecule has 0 saturated carbocycles. The van der Waals surface area contributed by atoms with E-state index in [1.54, 1.807) is 6.07 Å². The quantitative estimate of drug-likeness (QED) is 0.684. The fourth-order valence-corrected chi connectivity index (χ4v) is 2.14. The number of rotatable bonds is 4. The van der Waals surface area contributed by atoms with Crippen molar-refractivity contribution < 1.29 is 14.6 Å². The van der Waals surface area contributed by atoms with E-state index in [1.807, 2.05) is 49.4 Å². The maximum atomic E-state index is 11.8. The van der Waals surface area contributed by atoms with Crippen LogP contribution in [-0.2, 0) is 11.2 Å². The molecule has 2 aromatic carbocycles. The third-order valence-corrected chi connectivity index (χ3v) is 3.08. The van der Waals surface area contributed by atoms with Crippen LogP contribution in [0.1, 0.15) is 29.8 Å². The lowest BCUT2D eigenvalue weighted by Gasteiger charge is -2.11. The van der Waals surface area contributed by atoms with Gasteiger partial charge in [-0.3, -0.25) is 0 Å². The molecule has 1 N–H and O–H groups in total. The molecule has 0 fully saturated rings. The molecule has 20 heavy (non-hydrogen) atoms. The molecule has 0 bridgehead atoms. The summed E-state index contributed by atoms with van der Waals surface area (Å²) in [5.41, 5.74) is 3.78. The lowest BCUT2D eigenvalue weighted by Crippen LogP contribution is -2.14. The Morgan fingerprint density at radius 2 is 1.90 bits per heavy atom. The number of hydrogen-bond donors (Lipinski definition) is 1. The van der Waals surface area contributed by atoms with E-state index in [2.05, 4.69) is 0 Å². The Kier molecular flexibility index (Phi) is 4.53. The summed E-state index contributed by atoms with van der Waals surface area (Å²) in [5, 5.41) is 9.10. The van der Waals surface area contributed by atoms with Gasteiger partial charge in [0, 0.05) is 0 Å². The van der Waals surface area contributed by atoms with Gasteiger partial charge in [0.05, 0.1) is 5.56 Å². The molecule has 0 aliphatic heterocycles. The van der Waals surface area contributed by atoms with Crippen LogP contribution < -0.4 is 0 Å². The highest BCUT2D eigenvalue weighted by Crippen LogP contribution is 2.25. The van der Waals surface area contributed by atoms with Crippen LogP contribution in [-0.4, -0.2) is 17.4 Å². The van der Waals surface area contributed by atoms with Crippen LogP contribution in [0.2, 0.25) is 0 Å². The normalized spacial score (nSPS) is 11.9. The molecule has 104 valence electrons. The maximum absolute atomic E-state index is 11.8. The topological polar surface area (TPSA) is 46.5 Å². The van der Waals surface area contributed by atoms with Crippen molar-refractivity contribution >= 4 is 5.97 Å². The van der Waals surface area contributed by atoms with Gasteiger partial charge in [-0.05, 0) is 42.2 Å². The van der Waals surface area contributed by atoms with Crippen molar-refractivity contribution in [2.45, 2.75) is 26.6 Å². The van der Waals surface area contributed by atoms with Crippen LogP contribution >= 0.6 is 0 Å². The molecule has 3 nitrogen and oxygen atoms in total. The van der Waals surface area contributed by atoms with Crippen molar-refractivity contribution in [1.29, 1.82) is 0 Å². The summed E-state index contributed by atoms with van der Waals surface area (Å²) < 4.78 is 4.80. The van der Waals surface area contributed by atoms with Gasteiger partial charge in [-0.25, -0.2) is 4.79 Å². The number of aliphatic hydroxyl groups is 1. The number of carbonyl (C=O) groups excluding carboxylic acids is 1. The first kappa shape index (κ1) is 14.3. The highest BCUT2D eigenvalue weighted by molar-refractivity contribution is 5.90. The second-order valence-electron chi connectivity index (χ2n) is 4.60. The molecule has 2 aromatic rings. The highest BCUT2D eigenvalue weighted by Gasteiger charge is 2.12. The van der Waals surface area contributed by atoms with Crippen molar-refractivity contribution in [3.63, 3.8) is 0 Å². The zero-order valence-corrected chi connectivity index (χ0v) is 11.7. The predicted octanol–water partition coefficient (Wildman–Crippen LogP) is 3.41. The average molecular weight is 270 g/mol. The van der Waals surface area contributed by atoms with Crippen molar-refractivity contribution in [1.82, 2.24) is 0 Å². The second kappa shape index (κ2) is 6.35. The van der Waals surface area contributed by atoms with Crippen LogP contribution in [0, 0.1) is 0 Å². The fraction of sp³-hybridized carbons (Fsp3) is 0.235. The third kappa shape index (κ3) is 3.25. The average Bonchev–Trinajstić information content (AvgIpc) is 2.46. The molecule has 0 amide bonds. The minimum absolute atomic E-state index is 0.461. The Morgan fingerprint density at radius 3 is 2.50 bits per heavy atom. The van der Waals surface area contributed by atoms with Crippen LogP contribution in [0.25, 0.3) is 11.1 Å². The minimum atomic E-state index is -1.10. The molecule has 0 spiro atoms. The van der Waals surface area contributed by atoms with Crippen LogP contribution in [0.4, 0.5) is 0 Å². The van der Waals surface area contributed by atoms with Gasteiger partial charge in [-0.15, -0.1) is 0 Å². The van der Waals surface area contributed by atoms with Gasteiger partial charge in [-0.2, -0.15) is 0 Å². The number of aryl methyl sites for hydroxylation is 1. The first-order chi connectivity index (χ1) is 9.61. The minimum Gasteiger partial charge on any atom is -0.433 e. The van der Waals surface area contributed by atoms with E-state index in [-0.39, 0.29) is 0 Å². The van der Waals surface area contributed by atoms with Gasteiger partial charge < -0.3 is 9.84 Å². The number of benzene rings is 2. The first-order valence-corrected chi connectivity index (χ1v) is 6.69. The molecule has 2 rings (SSSR count). The monoisotopic (exact) mass is 270 g/mol. The number of carbonyl (C=O) groups is 1. The highest BCUT2D eigenvalue weighted by atomic mass is 16.6. The molecule has 0 aliphatic carbocycles. The van der Waals surface area contributed by atoms with Crippen LogP contribution in [0.3, 0.4) is 0 Å². The Hall–Kier alpha value is -2.13. The van der Waals surface area contributed by atoms with Crippen molar-refractivity contribution in [3.8, 4) is 11.1 Å². The van der Waals surface area contributed by atoms with Gasteiger partial charge in [0.25, 0.3) is 0 Å². The zero-order valence-electron chi connectivity index (χ0n) is 11.7. The standard InChI is InChI=1S/C17H18O3/c1-3-13-11-15(17(19)20-12(2)18)9-10-16(13)14-7-5-4-6-8-14/h4-12,18H,3H2,1-2H3. The summed E-state index contributed by atoms with van der Waals surface area (Å²) in [6, 6.07) is 15.5. The smallest absolute Gasteiger partial charge is 0.340 e. The van der Waals surface area contributed by atoms with Gasteiger partial charge in [0.15, 0.2) is 6.29 Å². The van der Waals surface area contributed by atoms with E-state index in [0.717, 1.165) is 23.1 Å². The van der Waals surface area contributed by atoms with Crippen molar-refractivity contribution in [3.05, 3.63) is 59.7 Å². The van der Waals surface area contributed by atoms with Crippen LogP contribution in [0.5, 0.6) is 0 Å². The number of ether oxygens (including phenoxy) is 1. The fourth-order valence-electron chi connectivity index (χ4n) is 2.14. The molecule has 1 unspecified atom stereocenters. The molecule has 0 heterocycles.